The van der Waals surface area contributed by atoms with E-state index in [2.05, 4.69) is 0 Å². The van der Waals surface area contributed by atoms with Crippen LogP contribution in [0.15, 0.2) is 0 Å². The van der Waals surface area contributed by atoms with Gasteiger partial charge in [0.2, 0.25) is 5.91 Å². The van der Waals surface area contributed by atoms with Crippen LogP contribution in [-0.4, -0.2) is 43.8 Å². The summed E-state index contributed by atoms with van der Waals surface area (Å²) in [6.07, 6.45) is 6.37. The molecule has 0 heterocycles. The molecule has 0 unspecified atom stereocenters. The van der Waals surface area contributed by atoms with Gasteiger partial charge in [0.25, 0.3) is 0 Å². The van der Waals surface area contributed by atoms with Crippen LogP contribution in [0.5, 0.6) is 0 Å². The molecule has 4 rings (SSSR count). The third kappa shape index (κ3) is 3.19. The lowest BCUT2D eigenvalue weighted by Crippen LogP contribution is -2.57. The Balaban J connectivity index is 1.66. The highest BCUT2D eigenvalue weighted by atomic mass is 32.2. The highest BCUT2D eigenvalue weighted by Gasteiger charge is 2.50. The van der Waals surface area contributed by atoms with Crippen LogP contribution in [0.2, 0.25) is 0 Å². The van der Waals surface area contributed by atoms with E-state index in [0.29, 0.717) is 11.8 Å². The summed E-state index contributed by atoms with van der Waals surface area (Å²) in [5.41, 5.74) is 0. The van der Waals surface area contributed by atoms with E-state index in [0.717, 1.165) is 11.8 Å². The Hall–Kier alpha value is -0.580. The Bertz CT molecular complexity index is 512. The zero-order valence-electron chi connectivity index (χ0n) is 14.0. The predicted octanol–water partition coefficient (Wildman–Crippen LogP) is 2.34. The molecule has 4 nitrogen and oxygen atoms in total. The van der Waals surface area contributed by atoms with Gasteiger partial charge in [-0.15, -0.1) is 0 Å². The minimum absolute atomic E-state index is 0.0734. The quantitative estimate of drug-likeness (QED) is 0.779. The molecule has 126 valence electrons. The highest BCUT2D eigenvalue weighted by molar-refractivity contribution is 7.92. The molecule has 0 radical (unpaired) electrons. The summed E-state index contributed by atoms with van der Waals surface area (Å²) in [5, 5.41) is 0. The van der Waals surface area contributed by atoms with Crippen molar-refractivity contribution in [3.63, 3.8) is 0 Å². The molecule has 0 spiro atoms. The van der Waals surface area contributed by atoms with Crippen LogP contribution in [0.1, 0.15) is 46.0 Å². The summed E-state index contributed by atoms with van der Waals surface area (Å²) in [6.45, 7) is 3.76. The van der Waals surface area contributed by atoms with Crippen LogP contribution >= 0.6 is 0 Å². The first-order chi connectivity index (χ1) is 10.2. The topological polar surface area (TPSA) is 54.5 Å². The van der Waals surface area contributed by atoms with E-state index in [4.69, 9.17) is 0 Å². The number of rotatable bonds is 5. The third-order valence-corrected chi connectivity index (χ3v) is 7.81. The summed E-state index contributed by atoms with van der Waals surface area (Å²) in [5.74, 6) is 2.62. The van der Waals surface area contributed by atoms with Crippen LogP contribution in [-0.2, 0) is 14.6 Å². The van der Waals surface area contributed by atoms with Gasteiger partial charge in [0, 0.05) is 13.1 Å². The average molecular weight is 327 g/mol. The van der Waals surface area contributed by atoms with Gasteiger partial charge in [-0.3, -0.25) is 4.79 Å². The van der Waals surface area contributed by atoms with E-state index >= 15 is 0 Å². The molecule has 4 fully saturated rings. The molecule has 0 aromatic carbocycles. The number of amides is 1. The van der Waals surface area contributed by atoms with Crippen LogP contribution in [0.25, 0.3) is 0 Å². The van der Waals surface area contributed by atoms with Crippen molar-refractivity contribution >= 4 is 15.7 Å². The zero-order chi connectivity index (χ0) is 16.1. The summed E-state index contributed by atoms with van der Waals surface area (Å²) >= 11 is 0. The summed E-state index contributed by atoms with van der Waals surface area (Å²) in [7, 11) is -1.45. The first-order valence-electron chi connectivity index (χ1n) is 8.71. The highest BCUT2D eigenvalue weighted by Crippen LogP contribution is 2.54. The first-order valence-corrected chi connectivity index (χ1v) is 10.5. The van der Waals surface area contributed by atoms with E-state index in [1.165, 1.54) is 32.1 Å². The van der Waals surface area contributed by atoms with Crippen LogP contribution < -0.4 is 0 Å². The zero-order valence-corrected chi connectivity index (χ0v) is 14.8. The lowest BCUT2D eigenvalue weighted by atomic mass is 9.54. The van der Waals surface area contributed by atoms with Crippen LogP contribution in [0.3, 0.4) is 0 Å². The van der Waals surface area contributed by atoms with E-state index in [1.54, 1.807) is 4.90 Å². The molecule has 0 aliphatic heterocycles. The predicted molar refractivity (Wildman–Crippen MR) is 87.1 cm³/mol. The number of nitrogens with zero attached hydrogens (tertiary/aromatic N) is 1. The van der Waals surface area contributed by atoms with Gasteiger partial charge >= 0.3 is 0 Å². The largest absolute Gasteiger partial charge is 0.341 e. The maximum absolute atomic E-state index is 12.5. The summed E-state index contributed by atoms with van der Waals surface area (Å²) in [6, 6.07) is 0.287. The van der Waals surface area contributed by atoms with Crippen molar-refractivity contribution < 1.29 is 13.2 Å². The molecule has 22 heavy (non-hydrogen) atoms. The Kier molecular flexibility index (Phi) is 4.30. The number of hydrogen-bond donors (Lipinski definition) is 0. The number of carbonyl (C=O) groups is 1. The average Bonchev–Trinajstić information content (AvgIpc) is 2.34. The van der Waals surface area contributed by atoms with Crippen molar-refractivity contribution in [2.45, 2.75) is 52.0 Å². The van der Waals surface area contributed by atoms with Gasteiger partial charge in [0.15, 0.2) is 9.84 Å². The van der Waals surface area contributed by atoms with Gasteiger partial charge < -0.3 is 4.90 Å². The molecule has 1 amide bonds. The SMILES string of the molecule is CC(C)CS(=O)(=O)CC(=O)N(C)C1C2CC3CC(C2)CC1C3. The van der Waals surface area contributed by atoms with Crippen molar-refractivity contribution in [3.05, 3.63) is 0 Å². The Morgan fingerprint density at radius 3 is 2.00 bits per heavy atom. The molecule has 0 saturated heterocycles. The Labute approximate surface area is 134 Å². The standard InChI is InChI=1S/C17H29NO3S/c1-11(2)9-22(20,21)10-16(19)18(3)17-14-5-12-4-13(7-14)8-15(17)6-12/h11-15,17H,4-10H2,1-3H3. The Morgan fingerprint density at radius 2 is 1.55 bits per heavy atom. The second kappa shape index (κ2) is 5.81. The molecule has 0 N–H and O–H groups in total. The third-order valence-electron chi connectivity index (χ3n) is 5.95. The number of hydrogen-bond acceptors (Lipinski definition) is 3. The number of sulfone groups is 1. The fourth-order valence-corrected chi connectivity index (χ4v) is 7.27. The maximum Gasteiger partial charge on any atom is 0.237 e. The second-order valence-electron chi connectivity index (χ2n) is 8.37. The maximum atomic E-state index is 12.5. The molecule has 0 aromatic rings. The van der Waals surface area contributed by atoms with Crippen molar-refractivity contribution in [1.82, 2.24) is 4.90 Å². The molecule has 4 bridgehead atoms. The number of carbonyl (C=O) groups excluding carboxylic acids is 1. The van der Waals surface area contributed by atoms with Gasteiger partial charge in [-0.25, -0.2) is 8.42 Å². The van der Waals surface area contributed by atoms with E-state index < -0.39 is 9.84 Å². The fourth-order valence-electron chi connectivity index (χ4n) is 5.55. The molecule has 4 saturated carbocycles. The fraction of sp³-hybridized carbons (Fsp3) is 0.941. The van der Waals surface area contributed by atoms with Crippen LogP contribution in [0.4, 0.5) is 0 Å². The normalized spacial score (nSPS) is 36.8. The van der Waals surface area contributed by atoms with Crippen LogP contribution in [0, 0.1) is 29.6 Å². The van der Waals surface area contributed by atoms with Crippen molar-refractivity contribution in [1.29, 1.82) is 0 Å². The first kappa shape index (κ1) is 16.3. The van der Waals surface area contributed by atoms with Gasteiger partial charge in [0.1, 0.15) is 5.75 Å². The lowest BCUT2D eigenvalue weighted by Gasteiger charge is -2.56. The second-order valence-corrected chi connectivity index (χ2v) is 10.5. The molecule has 5 heteroatoms. The monoisotopic (exact) mass is 327 g/mol. The van der Waals surface area contributed by atoms with Crippen molar-refractivity contribution in [2.24, 2.45) is 29.6 Å². The molecular formula is C17H29NO3S. The molecular weight excluding hydrogens is 298 g/mol. The molecule has 0 atom stereocenters. The molecule has 4 aliphatic rings. The van der Waals surface area contributed by atoms with Crippen molar-refractivity contribution in [2.75, 3.05) is 18.6 Å². The van der Waals surface area contributed by atoms with E-state index in [1.807, 2.05) is 20.9 Å². The smallest absolute Gasteiger partial charge is 0.237 e. The van der Waals surface area contributed by atoms with E-state index in [-0.39, 0.29) is 29.4 Å². The van der Waals surface area contributed by atoms with Crippen molar-refractivity contribution in [3.8, 4) is 0 Å². The summed E-state index contributed by atoms with van der Waals surface area (Å²) in [4.78, 5) is 14.3. The van der Waals surface area contributed by atoms with Gasteiger partial charge in [-0.05, 0) is 61.7 Å². The molecule has 4 aliphatic carbocycles. The minimum atomic E-state index is -3.28. The van der Waals surface area contributed by atoms with Gasteiger partial charge in [-0.2, -0.15) is 0 Å². The molecule has 0 aromatic heterocycles. The van der Waals surface area contributed by atoms with Gasteiger partial charge in [0.05, 0.1) is 5.75 Å². The van der Waals surface area contributed by atoms with Gasteiger partial charge in [-0.1, -0.05) is 13.8 Å². The summed E-state index contributed by atoms with van der Waals surface area (Å²) < 4.78 is 24.2. The lowest BCUT2D eigenvalue weighted by molar-refractivity contribution is -0.138. The Morgan fingerprint density at radius 1 is 1.05 bits per heavy atom. The minimum Gasteiger partial charge on any atom is -0.341 e. The van der Waals surface area contributed by atoms with E-state index in [9.17, 15) is 13.2 Å².